The SMILES string of the molecule is CC(C)(C(N)=O)N1CC(CN)CCC1=O. The number of carbonyl (C=O) groups excluding carboxylic acids is 2. The molecule has 0 radical (unpaired) electrons. The fraction of sp³-hybridized carbons (Fsp3) is 0.800. The van der Waals surface area contributed by atoms with E-state index in [4.69, 9.17) is 11.5 Å². The molecule has 1 heterocycles. The van der Waals surface area contributed by atoms with Gasteiger partial charge in [-0.2, -0.15) is 0 Å². The molecule has 1 aliphatic heterocycles. The van der Waals surface area contributed by atoms with Crippen molar-refractivity contribution in [2.75, 3.05) is 13.1 Å². The summed E-state index contributed by atoms with van der Waals surface area (Å²) < 4.78 is 0. The minimum Gasteiger partial charge on any atom is -0.368 e. The van der Waals surface area contributed by atoms with Gasteiger partial charge < -0.3 is 16.4 Å². The van der Waals surface area contributed by atoms with Crippen LogP contribution in [0, 0.1) is 5.92 Å². The van der Waals surface area contributed by atoms with Gasteiger partial charge in [0.15, 0.2) is 0 Å². The average molecular weight is 213 g/mol. The molecule has 86 valence electrons. The minimum atomic E-state index is -0.912. The second kappa shape index (κ2) is 4.18. The summed E-state index contributed by atoms with van der Waals surface area (Å²) in [5.41, 5.74) is 9.95. The maximum Gasteiger partial charge on any atom is 0.242 e. The molecule has 1 atom stereocenters. The lowest BCUT2D eigenvalue weighted by atomic mass is 9.91. The van der Waals surface area contributed by atoms with Gasteiger partial charge in [0, 0.05) is 13.0 Å². The second-order valence-corrected chi connectivity index (χ2v) is 4.57. The highest BCUT2D eigenvalue weighted by Crippen LogP contribution is 2.24. The molecular weight excluding hydrogens is 194 g/mol. The molecule has 1 rings (SSSR count). The lowest BCUT2D eigenvalue weighted by Crippen LogP contribution is -2.59. The van der Waals surface area contributed by atoms with E-state index in [1.54, 1.807) is 18.7 Å². The summed E-state index contributed by atoms with van der Waals surface area (Å²) in [6.07, 6.45) is 1.26. The molecule has 5 heteroatoms. The van der Waals surface area contributed by atoms with Crippen LogP contribution in [-0.2, 0) is 9.59 Å². The number of carbonyl (C=O) groups is 2. The number of rotatable bonds is 3. The molecule has 0 bridgehead atoms. The first-order valence-electron chi connectivity index (χ1n) is 5.20. The summed E-state index contributed by atoms with van der Waals surface area (Å²) in [4.78, 5) is 24.5. The Bertz CT molecular complexity index is 276. The van der Waals surface area contributed by atoms with E-state index in [1.165, 1.54) is 0 Å². The summed E-state index contributed by atoms with van der Waals surface area (Å²) in [5.74, 6) is -0.210. The van der Waals surface area contributed by atoms with E-state index in [1.807, 2.05) is 0 Å². The van der Waals surface area contributed by atoms with Crippen molar-refractivity contribution in [3.8, 4) is 0 Å². The standard InChI is InChI=1S/C10H19N3O2/c1-10(2,9(12)15)13-6-7(5-11)3-4-8(13)14/h7H,3-6,11H2,1-2H3,(H2,12,15). The van der Waals surface area contributed by atoms with Crippen molar-refractivity contribution in [2.45, 2.75) is 32.2 Å². The summed E-state index contributed by atoms with van der Waals surface area (Å²) in [5, 5.41) is 0. The van der Waals surface area contributed by atoms with E-state index in [0.717, 1.165) is 6.42 Å². The van der Waals surface area contributed by atoms with Gasteiger partial charge in [-0.1, -0.05) is 0 Å². The second-order valence-electron chi connectivity index (χ2n) is 4.57. The van der Waals surface area contributed by atoms with Gasteiger partial charge >= 0.3 is 0 Å². The monoisotopic (exact) mass is 213 g/mol. The Kier molecular flexibility index (Phi) is 3.34. The molecule has 1 fully saturated rings. The topological polar surface area (TPSA) is 89.4 Å². The van der Waals surface area contributed by atoms with Gasteiger partial charge in [0.25, 0.3) is 0 Å². The molecular formula is C10H19N3O2. The van der Waals surface area contributed by atoms with Crippen LogP contribution in [0.15, 0.2) is 0 Å². The molecule has 0 spiro atoms. The van der Waals surface area contributed by atoms with Gasteiger partial charge in [-0.3, -0.25) is 9.59 Å². The van der Waals surface area contributed by atoms with Crippen molar-refractivity contribution in [1.29, 1.82) is 0 Å². The van der Waals surface area contributed by atoms with Crippen LogP contribution >= 0.6 is 0 Å². The van der Waals surface area contributed by atoms with E-state index in [9.17, 15) is 9.59 Å². The van der Waals surface area contributed by atoms with Crippen LogP contribution in [-0.4, -0.2) is 35.3 Å². The highest BCUT2D eigenvalue weighted by Gasteiger charge is 2.39. The molecule has 1 saturated heterocycles. The van der Waals surface area contributed by atoms with Crippen molar-refractivity contribution < 1.29 is 9.59 Å². The number of hydrogen-bond acceptors (Lipinski definition) is 3. The molecule has 0 aromatic heterocycles. The summed E-state index contributed by atoms with van der Waals surface area (Å²) in [6.45, 7) is 4.42. The molecule has 0 aromatic carbocycles. The van der Waals surface area contributed by atoms with Crippen LogP contribution in [0.2, 0.25) is 0 Å². The highest BCUT2D eigenvalue weighted by atomic mass is 16.2. The van der Waals surface area contributed by atoms with Crippen LogP contribution in [0.5, 0.6) is 0 Å². The number of likely N-dealkylation sites (tertiary alicyclic amines) is 1. The van der Waals surface area contributed by atoms with Crippen molar-refractivity contribution in [3.63, 3.8) is 0 Å². The Morgan fingerprint density at radius 2 is 2.20 bits per heavy atom. The largest absolute Gasteiger partial charge is 0.368 e. The fourth-order valence-corrected chi connectivity index (χ4v) is 1.78. The van der Waals surface area contributed by atoms with Gasteiger partial charge in [0.2, 0.25) is 11.8 Å². The molecule has 1 aliphatic rings. The van der Waals surface area contributed by atoms with Crippen molar-refractivity contribution >= 4 is 11.8 Å². The van der Waals surface area contributed by atoms with Crippen molar-refractivity contribution in [3.05, 3.63) is 0 Å². The van der Waals surface area contributed by atoms with Crippen LogP contribution < -0.4 is 11.5 Å². The Morgan fingerprint density at radius 3 is 2.67 bits per heavy atom. The zero-order valence-corrected chi connectivity index (χ0v) is 9.32. The molecule has 0 aliphatic carbocycles. The number of primary amides is 1. The molecule has 5 nitrogen and oxygen atoms in total. The van der Waals surface area contributed by atoms with Gasteiger partial charge in [-0.05, 0) is 32.7 Å². The molecule has 1 unspecified atom stereocenters. The molecule has 0 saturated carbocycles. The van der Waals surface area contributed by atoms with Gasteiger partial charge in [0.1, 0.15) is 5.54 Å². The predicted molar refractivity (Wildman–Crippen MR) is 56.8 cm³/mol. The quantitative estimate of drug-likeness (QED) is 0.659. The zero-order chi connectivity index (χ0) is 11.6. The van der Waals surface area contributed by atoms with E-state index < -0.39 is 11.4 Å². The molecule has 2 amide bonds. The first-order valence-corrected chi connectivity index (χ1v) is 5.20. The van der Waals surface area contributed by atoms with Crippen molar-refractivity contribution in [2.24, 2.45) is 17.4 Å². The molecule has 4 N–H and O–H groups in total. The first-order chi connectivity index (χ1) is 6.89. The lowest BCUT2D eigenvalue weighted by molar-refractivity contribution is -0.148. The number of nitrogens with two attached hydrogens (primary N) is 2. The summed E-state index contributed by atoms with van der Waals surface area (Å²) in [6, 6.07) is 0. The number of amides is 2. The van der Waals surface area contributed by atoms with E-state index >= 15 is 0 Å². The van der Waals surface area contributed by atoms with Crippen molar-refractivity contribution in [1.82, 2.24) is 4.90 Å². The third-order valence-electron chi connectivity index (χ3n) is 3.12. The Hall–Kier alpha value is -1.10. The summed E-state index contributed by atoms with van der Waals surface area (Å²) >= 11 is 0. The predicted octanol–water partition coefficient (Wildman–Crippen LogP) is -0.552. The third-order valence-corrected chi connectivity index (χ3v) is 3.12. The normalized spacial score (nSPS) is 23.0. The smallest absolute Gasteiger partial charge is 0.242 e. The van der Waals surface area contributed by atoms with E-state index in [-0.39, 0.29) is 11.8 Å². The van der Waals surface area contributed by atoms with E-state index in [2.05, 4.69) is 0 Å². The Balaban J connectivity index is 2.82. The van der Waals surface area contributed by atoms with Crippen LogP contribution in [0.1, 0.15) is 26.7 Å². The maximum atomic E-state index is 11.7. The number of nitrogens with zero attached hydrogens (tertiary/aromatic N) is 1. The average Bonchev–Trinajstić information content (AvgIpc) is 2.18. The zero-order valence-electron chi connectivity index (χ0n) is 9.32. The van der Waals surface area contributed by atoms with Gasteiger partial charge in [-0.15, -0.1) is 0 Å². The van der Waals surface area contributed by atoms with Crippen LogP contribution in [0.3, 0.4) is 0 Å². The van der Waals surface area contributed by atoms with Crippen LogP contribution in [0.25, 0.3) is 0 Å². The Morgan fingerprint density at radius 1 is 1.60 bits per heavy atom. The molecule has 0 aromatic rings. The van der Waals surface area contributed by atoms with Crippen LogP contribution in [0.4, 0.5) is 0 Å². The Labute approximate surface area is 89.8 Å². The van der Waals surface area contributed by atoms with E-state index in [0.29, 0.717) is 19.5 Å². The third kappa shape index (κ3) is 2.28. The van der Waals surface area contributed by atoms with Gasteiger partial charge in [0.05, 0.1) is 0 Å². The number of hydrogen-bond donors (Lipinski definition) is 2. The highest BCUT2D eigenvalue weighted by molar-refractivity contribution is 5.90. The first kappa shape index (κ1) is 12.0. The van der Waals surface area contributed by atoms with Gasteiger partial charge in [-0.25, -0.2) is 0 Å². The number of piperidine rings is 1. The lowest BCUT2D eigenvalue weighted by Gasteiger charge is -2.41. The minimum absolute atomic E-state index is 0.0106. The molecule has 15 heavy (non-hydrogen) atoms. The fourth-order valence-electron chi connectivity index (χ4n) is 1.78. The summed E-state index contributed by atoms with van der Waals surface area (Å²) in [7, 11) is 0. The maximum absolute atomic E-state index is 11.7.